The third-order valence-electron chi connectivity index (χ3n) is 3.01. The topological polar surface area (TPSA) is 29.5 Å². The molecule has 1 heterocycles. The first-order chi connectivity index (χ1) is 10.2. The highest BCUT2D eigenvalue weighted by Gasteiger charge is 2.17. The predicted octanol–water partition coefficient (Wildman–Crippen LogP) is 2.87. The number of hydrogen-bond acceptors (Lipinski definition) is 3. The maximum Gasteiger partial charge on any atom is 0.320 e. The van der Waals surface area contributed by atoms with Crippen LogP contribution < -0.4 is 0 Å². The Hall–Kier alpha value is -2.20. The molecular weight excluding hydrogens is 269 g/mol. The number of carbonyl (C=O) groups is 1. The van der Waals surface area contributed by atoms with Gasteiger partial charge in [0.15, 0.2) is 0 Å². The van der Waals surface area contributed by atoms with E-state index in [0.29, 0.717) is 13.2 Å². The van der Waals surface area contributed by atoms with Crippen LogP contribution in [0, 0.1) is 5.82 Å². The Balaban J connectivity index is 0.000000194. The van der Waals surface area contributed by atoms with Gasteiger partial charge in [-0.3, -0.25) is 9.69 Å². The molecule has 2 aromatic rings. The van der Waals surface area contributed by atoms with Crippen LogP contribution in [0.2, 0.25) is 0 Å². The normalized spacial score (nSPS) is 14.8. The van der Waals surface area contributed by atoms with Crippen LogP contribution >= 0.6 is 0 Å². The minimum atomic E-state index is -0.178. The molecule has 0 unspecified atom stereocenters. The van der Waals surface area contributed by atoms with Crippen LogP contribution in [0.15, 0.2) is 60.7 Å². The van der Waals surface area contributed by atoms with Gasteiger partial charge in [-0.1, -0.05) is 48.5 Å². The number of hydrogen-bond donors (Lipinski definition) is 0. The van der Waals surface area contributed by atoms with Crippen molar-refractivity contribution in [1.29, 1.82) is 0 Å². The molecule has 0 amide bonds. The summed E-state index contributed by atoms with van der Waals surface area (Å²) in [5.41, 5.74) is 1.24. The van der Waals surface area contributed by atoms with Crippen LogP contribution in [-0.4, -0.2) is 30.6 Å². The summed E-state index contributed by atoms with van der Waals surface area (Å²) < 4.78 is 16.8. The number of carbonyl (C=O) groups excluding carboxylic acids is 1. The summed E-state index contributed by atoms with van der Waals surface area (Å²) >= 11 is 0. The van der Waals surface area contributed by atoms with Gasteiger partial charge >= 0.3 is 5.97 Å². The Morgan fingerprint density at radius 2 is 1.62 bits per heavy atom. The summed E-state index contributed by atoms with van der Waals surface area (Å²) in [5, 5.41) is 0. The van der Waals surface area contributed by atoms with Crippen LogP contribution in [-0.2, 0) is 16.1 Å². The SMILES string of the molecule is Fc1ccccc1.O=C1CN(Cc2ccccc2)CCO1. The maximum atomic E-state index is 11.9. The summed E-state index contributed by atoms with van der Waals surface area (Å²) in [6.07, 6.45) is 0. The third kappa shape index (κ3) is 5.75. The molecule has 2 aromatic carbocycles. The minimum absolute atomic E-state index is 0.118. The third-order valence-corrected chi connectivity index (χ3v) is 3.01. The first-order valence-corrected chi connectivity index (χ1v) is 6.86. The zero-order valence-corrected chi connectivity index (χ0v) is 11.7. The summed E-state index contributed by atoms with van der Waals surface area (Å²) in [7, 11) is 0. The standard InChI is InChI=1S/C11H13NO2.C6H5F/c13-11-9-12(6-7-14-11)8-10-4-2-1-3-5-10;7-6-4-2-1-3-5-6/h1-5H,6-9H2;1-5H. The highest BCUT2D eigenvalue weighted by atomic mass is 19.1. The molecule has 1 saturated heterocycles. The molecule has 0 bridgehead atoms. The van der Waals surface area contributed by atoms with Crippen molar-refractivity contribution < 1.29 is 13.9 Å². The van der Waals surface area contributed by atoms with Gasteiger partial charge in [0.1, 0.15) is 12.4 Å². The second-order valence-corrected chi connectivity index (χ2v) is 4.71. The predicted molar refractivity (Wildman–Crippen MR) is 79.1 cm³/mol. The van der Waals surface area contributed by atoms with Gasteiger partial charge in [0, 0.05) is 13.1 Å². The Morgan fingerprint density at radius 3 is 2.14 bits per heavy atom. The lowest BCUT2D eigenvalue weighted by Crippen LogP contribution is -2.39. The zero-order valence-electron chi connectivity index (χ0n) is 11.7. The van der Waals surface area contributed by atoms with E-state index in [0.717, 1.165) is 13.1 Å². The van der Waals surface area contributed by atoms with E-state index >= 15 is 0 Å². The van der Waals surface area contributed by atoms with Crippen molar-refractivity contribution in [2.24, 2.45) is 0 Å². The molecule has 0 saturated carbocycles. The number of cyclic esters (lactones) is 1. The van der Waals surface area contributed by atoms with E-state index in [1.807, 2.05) is 18.2 Å². The molecule has 1 aliphatic heterocycles. The molecule has 0 spiro atoms. The molecule has 0 atom stereocenters. The zero-order chi connectivity index (χ0) is 14.9. The molecule has 3 rings (SSSR count). The Bertz CT molecular complexity index is 545. The Kier molecular flexibility index (Phi) is 5.91. The van der Waals surface area contributed by atoms with Crippen molar-refractivity contribution in [2.45, 2.75) is 6.54 Å². The van der Waals surface area contributed by atoms with Gasteiger partial charge in [0.05, 0.1) is 6.54 Å². The van der Waals surface area contributed by atoms with Crippen LogP contribution in [0.4, 0.5) is 4.39 Å². The fourth-order valence-electron chi connectivity index (χ4n) is 1.99. The van der Waals surface area contributed by atoms with E-state index in [2.05, 4.69) is 17.0 Å². The molecule has 1 fully saturated rings. The molecule has 21 heavy (non-hydrogen) atoms. The first kappa shape index (κ1) is 15.2. The number of morpholine rings is 1. The van der Waals surface area contributed by atoms with Gasteiger partial charge in [-0.05, 0) is 17.7 Å². The molecule has 1 aliphatic rings. The maximum absolute atomic E-state index is 11.9. The quantitative estimate of drug-likeness (QED) is 0.795. The van der Waals surface area contributed by atoms with Crippen LogP contribution in [0.5, 0.6) is 0 Å². The molecule has 110 valence electrons. The molecule has 0 aromatic heterocycles. The van der Waals surface area contributed by atoms with E-state index in [4.69, 9.17) is 4.74 Å². The van der Waals surface area contributed by atoms with E-state index in [-0.39, 0.29) is 11.8 Å². The van der Waals surface area contributed by atoms with Gasteiger partial charge < -0.3 is 4.74 Å². The number of rotatable bonds is 2. The average molecular weight is 287 g/mol. The average Bonchev–Trinajstić information content (AvgIpc) is 2.50. The lowest BCUT2D eigenvalue weighted by Gasteiger charge is -2.25. The summed E-state index contributed by atoms with van der Waals surface area (Å²) in [6.45, 7) is 2.59. The van der Waals surface area contributed by atoms with Gasteiger partial charge in [-0.2, -0.15) is 0 Å². The number of benzene rings is 2. The van der Waals surface area contributed by atoms with Crippen molar-refractivity contribution >= 4 is 5.97 Å². The highest BCUT2D eigenvalue weighted by Crippen LogP contribution is 2.06. The fourth-order valence-corrected chi connectivity index (χ4v) is 1.99. The molecule has 3 nitrogen and oxygen atoms in total. The lowest BCUT2D eigenvalue weighted by molar-refractivity contribution is -0.150. The monoisotopic (exact) mass is 287 g/mol. The number of ether oxygens (including phenoxy) is 1. The summed E-state index contributed by atoms with van der Waals surface area (Å²) in [4.78, 5) is 13.1. The Morgan fingerprint density at radius 1 is 1.00 bits per heavy atom. The van der Waals surface area contributed by atoms with Gasteiger partial charge in [-0.25, -0.2) is 4.39 Å². The van der Waals surface area contributed by atoms with E-state index in [1.165, 1.54) is 17.7 Å². The van der Waals surface area contributed by atoms with Crippen LogP contribution in [0.1, 0.15) is 5.56 Å². The smallest absolute Gasteiger partial charge is 0.320 e. The molecule has 0 N–H and O–H groups in total. The highest BCUT2D eigenvalue weighted by molar-refractivity contribution is 5.72. The number of esters is 1. The van der Waals surface area contributed by atoms with Gasteiger partial charge in [0.25, 0.3) is 0 Å². The second-order valence-electron chi connectivity index (χ2n) is 4.71. The van der Waals surface area contributed by atoms with Gasteiger partial charge in [0.2, 0.25) is 0 Å². The molecule has 0 radical (unpaired) electrons. The first-order valence-electron chi connectivity index (χ1n) is 6.86. The van der Waals surface area contributed by atoms with Crippen molar-refractivity contribution in [3.63, 3.8) is 0 Å². The van der Waals surface area contributed by atoms with Gasteiger partial charge in [-0.15, -0.1) is 0 Å². The fraction of sp³-hybridized carbons (Fsp3) is 0.235. The minimum Gasteiger partial charge on any atom is -0.463 e. The van der Waals surface area contributed by atoms with Crippen molar-refractivity contribution in [2.75, 3.05) is 19.7 Å². The van der Waals surface area contributed by atoms with Crippen LogP contribution in [0.3, 0.4) is 0 Å². The summed E-state index contributed by atoms with van der Waals surface area (Å²) in [5.74, 6) is -0.297. The lowest BCUT2D eigenvalue weighted by atomic mass is 10.2. The molecule has 0 aliphatic carbocycles. The largest absolute Gasteiger partial charge is 0.463 e. The van der Waals surface area contributed by atoms with Crippen molar-refractivity contribution in [1.82, 2.24) is 4.90 Å². The Labute approximate surface area is 124 Å². The molecule has 4 heteroatoms. The van der Waals surface area contributed by atoms with Crippen LogP contribution in [0.25, 0.3) is 0 Å². The second kappa shape index (κ2) is 8.17. The molecular formula is C17H18FNO2. The van der Waals surface area contributed by atoms with E-state index in [1.54, 1.807) is 18.2 Å². The number of halogens is 1. The van der Waals surface area contributed by atoms with E-state index in [9.17, 15) is 9.18 Å². The van der Waals surface area contributed by atoms with E-state index < -0.39 is 0 Å². The van der Waals surface area contributed by atoms with Crippen molar-refractivity contribution in [3.05, 3.63) is 72.0 Å². The number of nitrogens with zero attached hydrogens (tertiary/aromatic N) is 1. The summed E-state index contributed by atoms with van der Waals surface area (Å²) in [6, 6.07) is 18.1. The van der Waals surface area contributed by atoms with Crippen molar-refractivity contribution in [3.8, 4) is 0 Å².